The van der Waals surface area contributed by atoms with Crippen LogP contribution in [-0.4, -0.2) is 51.5 Å². The highest BCUT2D eigenvalue weighted by atomic mass is 16.6. The molecule has 0 aliphatic heterocycles. The summed E-state index contributed by atoms with van der Waals surface area (Å²) in [6.07, 6.45) is 1.26. The van der Waals surface area contributed by atoms with Gasteiger partial charge in [0, 0.05) is 0 Å². The summed E-state index contributed by atoms with van der Waals surface area (Å²) in [7, 11) is 3.79. The molecule has 0 aliphatic carbocycles. The van der Waals surface area contributed by atoms with E-state index in [0.29, 0.717) is 17.8 Å². The predicted molar refractivity (Wildman–Crippen MR) is 91.1 cm³/mol. The third kappa shape index (κ3) is 3.90. The van der Waals surface area contributed by atoms with Crippen LogP contribution in [0.2, 0.25) is 0 Å². The first kappa shape index (κ1) is 18.0. The van der Waals surface area contributed by atoms with Crippen molar-refractivity contribution in [2.75, 3.05) is 19.8 Å². The first-order valence-electron chi connectivity index (χ1n) is 7.89. The van der Waals surface area contributed by atoms with Gasteiger partial charge in [0.2, 0.25) is 11.6 Å². The third-order valence-corrected chi connectivity index (χ3v) is 3.48. The van der Waals surface area contributed by atoms with Crippen LogP contribution < -0.4 is 21.2 Å². The Labute approximate surface area is 153 Å². The van der Waals surface area contributed by atoms with Crippen molar-refractivity contribution in [3.63, 3.8) is 0 Å². The average Bonchev–Trinajstić information content (AvgIpc) is 3.22. The van der Waals surface area contributed by atoms with Crippen LogP contribution in [0.5, 0.6) is 5.75 Å². The van der Waals surface area contributed by atoms with E-state index in [2.05, 4.69) is 35.8 Å². The lowest BCUT2D eigenvalue weighted by molar-refractivity contribution is -0.873. The van der Waals surface area contributed by atoms with Crippen LogP contribution in [0.1, 0.15) is 21.7 Å². The maximum Gasteiger partial charge on any atom is 0.294 e. The van der Waals surface area contributed by atoms with Gasteiger partial charge in [-0.25, -0.2) is 10.1 Å². The monoisotopic (exact) mass is 371 g/mol. The van der Waals surface area contributed by atoms with Crippen LogP contribution in [-0.2, 0) is 6.54 Å². The third-order valence-electron chi connectivity index (χ3n) is 3.48. The Kier molecular flexibility index (Phi) is 5.08. The number of rotatable bonds is 6. The molecule has 0 spiro atoms. The Morgan fingerprint density at radius 1 is 1.41 bits per heavy atom. The molecule has 3 aromatic rings. The van der Waals surface area contributed by atoms with Gasteiger partial charge in [-0.15, -0.1) is 5.10 Å². The molecule has 0 unspecified atom stereocenters. The molecule has 0 fully saturated rings. The van der Waals surface area contributed by atoms with Gasteiger partial charge in [0.25, 0.3) is 5.91 Å². The molecule has 27 heavy (non-hydrogen) atoms. The summed E-state index contributed by atoms with van der Waals surface area (Å²) < 4.78 is 5.88. The van der Waals surface area contributed by atoms with Crippen LogP contribution in [0.3, 0.4) is 0 Å². The molecule has 0 bridgehead atoms. The smallest absolute Gasteiger partial charge is 0.294 e. The van der Waals surface area contributed by atoms with Crippen LogP contribution in [0.4, 0.5) is 5.82 Å². The van der Waals surface area contributed by atoms with Crippen molar-refractivity contribution in [2.24, 2.45) is 5.10 Å². The number of hydrogen-bond acceptors (Lipinski definition) is 9. The molecule has 4 N–H and O–H groups in total. The summed E-state index contributed by atoms with van der Waals surface area (Å²) in [5.74, 6) is -0.631. The van der Waals surface area contributed by atoms with Crippen molar-refractivity contribution in [2.45, 2.75) is 6.54 Å². The highest BCUT2D eigenvalue weighted by Crippen LogP contribution is 2.15. The standard InChI is InChI=1S/C15H17N9O3/c1-23(2)8-10-12(18-22-24(10)14-13(16)20-27-21-14)15(26)19-17-7-9-5-3-4-6-11(9)25/h3-7,25H,8H2,1-2H3,(H2,16,20)(H,19,26). The number of amides is 1. The fourth-order valence-corrected chi connectivity index (χ4v) is 2.28. The molecule has 0 saturated carbocycles. The Morgan fingerprint density at radius 2 is 2.19 bits per heavy atom. The number of nitrogens with zero attached hydrogens (tertiary/aromatic N) is 6. The fourth-order valence-electron chi connectivity index (χ4n) is 2.28. The van der Waals surface area contributed by atoms with E-state index < -0.39 is 5.91 Å². The number of benzene rings is 1. The normalized spacial score (nSPS) is 11.4. The largest absolute Gasteiger partial charge is 0.872 e. The number of hydrogen-bond donors (Lipinski definition) is 3. The van der Waals surface area contributed by atoms with E-state index in [9.17, 15) is 9.90 Å². The van der Waals surface area contributed by atoms with Gasteiger partial charge in [0.15, 0.2) is 5.69 Å². The minimum Gasteiger partial charge on any atom is -0.872 e. The fraction of sp³-hybridized carbons (Fsp3) is 0.200. The number of para-hydroxylation sites is 1. The zero-order chi connectivity index (χ0) is 19.4. The number of carbonyl (C=O) groups is 1. The molecule has 140 valence electrons. The van der Waals surface area contributed by atoms with Gasteiger partial charge in [-0.1, -0.05) is 35.2 Å². The highest BCUT2D eigenvalue weighted by molar-refractivity contribution is 5.94. The SMILES string of the molecule is C[NH+](C)Cc1c(C(=O)NN=Cc2ccccc2[O-])nnn1-c1nonc1N. The summed E-state index contributed by atoms with van der Waals surface area (Å²) >= 11 is 0. The Bertz CT molecular complexity index is 977. The zero-order valence-corrected chi connectivity index (χ0v) is 14.6. The summed E-state index contributed by atoms with van der Waals surface area (Å²) in [5.41, 5.74) is 8.89. The van der Waals surface area contributed by atoms with E-state index in [4.69, 9.17) is 5.73 Å². The van der Waals surface area contributed by atoms with Crippen molar-refractivity contribution >= 4 is 17.9 Å². The van der Waals surface area contributed by atoms with Crippen LogP contribution in [0.15, 0.2) is 34.0 Å². The first-order valence-corrected chi connectivity index (χ1v) is 7.89. The molecule has 2 aromatic heterocycles. The molecule has 1 aromatic carbocycles. The minimum atomic E-state index is -0.591. The van der Waals surface area contributed by atoms with Crippen molar-refractivity contribution in [1.29, 1.82) is 0 Å². The van der Waals surface area contributed by atoms with Crippen molar-refractivity contribution in [3.05, 3.63) is 41.2 Å². The summed E-state index contributed by atoms with van der Waals surface area (Å²) in [5, 5.41) is 30.5. The molecule has 1 amide bonds. The number of hydrazone groups is 1. The molecule has 0 radical (unpaired) electrons. The lowest BCUT2D eigenvalue weighted by Gasteiger charge is -2.09. The number of nitrogens with one attached hydrogen (secondary N) is 2. The maximum atomic E-state index is 12.5. The second kappa shape index (κ2) is 7.61. The van der Waals surface area contributed by atoms with Gasteiger partial charge in [0.1, 0.15) is 12.2 Å². The second-order valence-corrected chi connectivity index (χ2v) is 5.89. The van der Waals surface area contributed by atoms with Gasteiger partial charge in [-0.3, -0.25) is 4.79 Å². The van der Waals surface area contributed by atoms with Gasteiger partial charge in [-0.2, -0.15) is 9.78 Å². The van der Waals surface area contributed by atoms with Gasteiger partial charge in [-0.05, 0) is 15.9 Å². The van der Waals surface area contributed by atoms with Crippen molar-refractivity contribution in [1.82, 2.24) is 30.7 Å². The second-order valence-electron chi connectivity index (χ2n) is 5.89. The minimum absolute atomic E-state index is 0.0203. The van der Waals surface area contributed by atoms with Crippen LogP contribution >= 0.6 is 0 Å². The lowest BCUT2D eigenvalue weighted by atomic mass is 10.2. The van der Waals surface area contributed by atoms with Crippen molar-refractivity contribution < 1.29 is 19.4 Å². The Balaban J connectivity index is 1.85. The highest BCUT2D eigenvalue weighted by Gasteiger charge is 2.25. The summed E-state index contributed by atoms with van der Waals surface area (Å²) in [6, 6.07) is 6.32. The number of aromatic nitrogens is 5. The molecular formula is C15H17N9O3. The molecule has 2 heterocycles. The zero-order valence-electron chi connectivity index (χ0n) is 14.6. The van der Waals surface area contributed by atoms with Crippen LogP contribution in [0.25, 0.3) is 5.82 Å². The van der Waals surface area contributed by atoms with E-state index in [0.717, 1.165) is 4.90 Å². The molecule has 0 aliphatic rings. The predicted octanol–water partition coefficient (Wildman–Crippen LogP) is -2.29. The number of anilines is 1. The van der Waals surface area contributed by atoms with Crippen molar-refractivity contribution in [3.8, 4) is 11.6 Å². The van der Waals surface area contributed by atoms with Gasteiger partial charge >= 0.3 is 0 Å². The Hall–Kier alpha value is -3.80. The first-order chi connectivity index (χ1) is 13.0. The van der Waals surface area contributed by atoms with Crippen LogP contribution in [0, 0.1) is 0 Å². The molecule has 0 atom stereocenters. The maximum absolute atomic E-state index is 12.5. The van der Waals surface area contributed by atoms with E-state index in [1.807, 2.05) is 14.1 Å². The Morgan fingerprint density at radius 3 is 2.85 bits per heavy atom. The average molecular weight is 371 g/mol. The van der Waals surface area contributed by atoms with E-state index in [1.165, 1.54) is 17.0 Å². The molecular weight excluding hydrogens is 354 g/mol. The van der Waals surface area contributed by atoms with Gasteiger partial charge < -0.3 is 15.7 Å². The molecule has 0 saturated heterocycles. The molecule has 12 nitrogen and oxygen atoms in total. The van der Waals surface area contributed by atoms with E-state index in [-0.39, 0.29) is 23.1 Å². The lowest BCUT2D eigenvalue weighted by Crippen LogP contribution is -3.04. The number of carbonyl (C=O) groups excluding carboxylic acids is 1. The number of quaternary nitrogens is 1. The molecule has 12 heteroatoms. The van der Waals surface area contributed by atoms with E-state index >= 15 is 0 Å². The topological polar surface area (TPSA) is 165 Å². The summed E-state index contributed by atoms with van der Waals surface area (Å²) in [6.45, 7) is 0.398. The summed E-state index contributed by atoms with van der Waals surface area (Å²) in [4.78, 5) is 13.5. The molecule has 3 rings (SSSR count). The van der Waals surface area contributed by atoms with E-state index in [1.54, 1.807) is 18.2 Å². The van der Waals surface area contributed by atoms with Gasteiger partial charge in [0.05, 0.1) is 20.3 Å². The number of nitrogens with two attached hydrogens (primary N) is 1. The quantitative estimate of drug-likeness (QED) is 0.322. The number of nitrogen functional groups attached to an aromatic ring is 1.